The number of ether oxygens (including phenoxy) is 1. The molecule has 3 atom stereocenters. The standard InChI is InChI=1S/C19H25NO4/c1-13-6-2-3-9-16(13)24-11-5-10-17(21)20-12-14-7-4-8-15(14)18(20)19(22)23/h2-3,6,9,14-15,18H,4-5,7-8,10-12H2,1H3,(H,22,23). The molecule has 3 unspecified atom stereocenters. The molecule has 24 heavy (non-hydrogen) atoms. The Morgan fingerprint density at radius 2 is 2.08 bits per heavy atom. The van der Waals surface area contributed by atoms with Crippen molar-refractivity contribution >= 4 is 11.9 Å². The molecule has 5 heteroatoms. The first-order chi connectivity index (χ1) is 11.6. The quantitative estimate of drug-likeness (QED) is 0.814. The van der Waals surface area contributed by atoms with Gasteiger partial charge in [-0.15, -0.1) is 0 Å². The molecule has 0 bridgehead atoms. The van der Waals surface area contributed by atoms with Crippen molar-refractivity contribution in [3.05, 3.63) is 29.8 Å². The van der Waals surface area contributed by atoms with Crippen molar-refractivity contribution in [2.45, 2.75) is 45.1 Å². The van der Waals surface area contributed by atoms with E-state index < -0.39 is 12.0 Å². The van der Waals surface area contributed by atoms with E-state index >= 15 is 0 Å². The minimum absolute atomic E-state index is 0.0508. The molecule has 3 rings (SSSR count). The van der Waals surface area contributed by atoms with Gasteiger partial charge in [-0.3, -0.25) is 4.79 Å². The summed E-state index contributed by atoms with van der Waals surface area (Å²) in [6.45, 7) is 3.06. The van der Waals surface area contributed by atoms with Gasteiger partial charge in [0.1, 0.15) is 11.8 Å². The van der Waals surface area contributed by atoms with E-state index in [1.165, 1.54) is 0 Å². The minimum atomic E-state index is -0.853. The van der Waals surface area contributed by atoms with Crippen LogP contribution in [0.25, 0.3) is 0 Å². The Labute approximate surface area is 142 Å². The van der Waals surface area contributed by atoms with Crippen LogP contribution in [0.5, 0.6) is 5.75 Å². The molecule has 130 valence electrons. The zero-order chi connectivity index (χ0) is 17.1. The third-order valence-electron chi connectivity index (χ3n) is 5.35. The van der Waals surface area contributed by atoms with Crippen molar-refractivity contribution < 1.29 is 19.4 Å². The average molecular weight is 331 g/mol. The average Bonchev–Trinajstić information content (AvgIpc) is 3.13. The molecular formula is C19H25NO4. The summed E-state index contributed by atoms with van der Waals surface area (Å²) in [4.78, 5) is 25.7. The highest BCUT2D eigenvalue weighted by atomic mass is 16.5. The molecule has 1 N–H and O–H groups in total. The van der Waals surface area contributed by atoms with Crippen molar-refractivity contribution in [3.63, 3.8) is 0 Å². The summed E-state index contributed by atoms with van der Waals surface area (Å²) < 4.78 is 5.71. The Morgan fingerprint density at radius 3 is 2.83 bits per heavy atom. The van der Waals surface area contributed by atoms with Crippen molar-refractivity contribution in [2.75, 3.05) is 13.2 Å². The fourth-order valence-electron chi connectivity index (χ4n) is 4.15. The molecule has 0 radical (unpaired) electrons. The molecule has 5 nitrogen and oxygen atoms in total. The van der Waals surface area contributed by atoms with Crippen LogP contribution in [0.2, 0.25) is 0 Å². The highest BCUT2D eigenvalue weighted by Gasteiger charge is 2.49. The predicted octanol–water partition coefficient (Wildman–Crippen LogP) is 2.87. The Balaban J connectivity index is 1.50. The number of likely N-dealkylation sites (tertiary alicyclic amines) is 1. The molecule has 1 aromatic rings. The lowest BCUT2D eigenvalue weighted by Crippen LogP contribution is -2.43. The number of fused-ring (bicyclic) bond motifs is 1. The monoisotopic (exact) mass is 331 g/mol. The Morgan fingerprint density at radius 1 is 1.29 bits per heavy atom. The number of hydrogen-bond donors (Lipinski definition) is 1. The maximum atomic E-state index is 12.5. The van der Waals surface area contributed by atoms with Crippen LogP contribution < -0.4 is 4.74 Å². The summed E-state index contributed by atoms with van der Waals surface area (Å²) in [6.07, 6.45) is 4.02. The summed E-state index contributed by atoms with van der Waals surface area (Å²) in [7, 11) is 0. The highest BCUT2D eigenvalue weighted by molar-refractivity contribution is 5.84. The van der Waals surface area contributed by atoms with E-state index in [1.54, 1.807) is 4.90 Å². The molecule has 0 spiro atoms. The summed E-state index contributed by atoms with van der Waals surface area (Å²) in [6, 6.07) is 7.16. The summed E-state index contributed by atoms with van der Waals surface area (Å²) in [5, 5.41) is 9.51. The van der Waals surface area contributed by atoms with Crippen LogP contribution in [0.4, 0.5) is 0 Å². The number of carbonyl (C=O) groups excluding carboxylic acids is 1. The third kappa shape index (κ3) is 3.40. The van der Waals surface area contributed by atoms with Gasteiger partial charge in [0.15, 0.2) is 0 Å². The second-order valence-corrected chi connectivity index (χ2v) is 6.90. The first-order valence-electron chi connectivity index (χ1n) is 8.78. The number of aliphatic carboxylic acids is 1. The van der Waals surface area contributed by atoms with Gasteiger partial charge in [0, 0.05) is 13.0 Å². The SMILES string of the molecule is Cc1ccccc1OCCCC(=O)N1CC2CCCC2C1C(=O)O. The number of carbonyl (C=O) groups is 2. The number of nitrogens with zero attached hydrogens (tertiary/aromatic N) is 1. The van der Waals surface area contributed by atoms with Crippen LogP contribution >= 0.6 is 0 Å². The van der Waals surface area contributed by atoms with E-state index in [0.717, 1.165) is 30.6 Å². The van der Waals surface area contributed by atoms with Crippen molar-refractivity contribution in [1.29, 1.82) is 0 Å². The number of carboxylic acids is 1. The second-order valence-electron chi connectivity index (χ2n) is 6.90. The zero-order valence-corrected chi connectivity index (χ0v) is 14.1. The van der Waals surface area contributed by atoms with Crippen LogP contribution in [-0.2, 0) is 9.59 Å². The largest absolute Gasteiger partial charge is 0.493 e. The van der Waals surface area contributed by atoms with Gasteiger partial charge < -0.3 is 14.7 Å². The molecule has 1 amide bonds. The van der Waals surface area contributed by atoms with Crippen LogP contribution in [-0.4, -0.2) is 41.1 Å². The van der Waals surface area contributed by atoms with Gasteiger partial charge in [0.05, 0.1) is 6.61 Å². The van der Waals surface area contributed by atoms with Crippen molar-refractivity contribution in [3.8, 4) is 5.75 Å². The topological polar surface area (TPSA) is 66.8 Å². The number of hydrogen-bond acceptors (Lipinski definition) is 3. The highest BCUT2D eigenvalue weighted by Crippen LogP contribution is 2.42. The van der Waals surface area contributed by atoms with E-state index in [0.29, 0.717) is 31.9 Å². The number of rotatable bonds is 6. The first-order valence-corrected chi connectivity index (χ1v) is 8.78. The molecule has 1 saturated heterocycles. The molecule has 1 aromatic carbocycles. The Kier molecular flexibility index (Phi) is 5.07. The van der Waals surface area contributed by atoms with E-state index in [9.17, 15) is 14.7 Å². The fraction of sp³-hybridized carbons (Fsp3) is 0.579. The minimum Gasteiger partial charge on any atom is -0.493 e. The zero-order valence-electron chi connectivity index (χ0n) is 14.1. The summed E-state index contributed by atoms with van der Waals surface area (Å²) >= 11 is 0. The first kappa shape index (κ1) is 16.8. The van der Waals surface area contributed by atoms with Crippen LogP contribution in [0.3, 0.4) is 0 Å². The van der Waals surface area contributed by atoms with E-state index in [-0.39, 0.29) is 11.8 Å². The fourth-order valence-corrected chi connectivity index (χ4v) is 4.15. The lowest BCUT2D eigenvalue weighted by molar-refractivity contribution is -0.149. The van der Waals surface area contributed by atoms with E-state index in [2.05, 4.69) is 0 Å². The van der Waals surface area contributed by atoms with Gasteiger partial charge in [-0.1, -0.05) is 24.6 Å². The number of para-hydroxylation sites is 1. The lowest BCUT2D eigenvalue weighted by Gasteiger charge is -2.24. The molecule has 1 heterocycles. The normalized spacial score (nSPS) is 25.5. The van der Waals surface area contributed by atoms with Gasteiger partial charge >= 0.3 is 5.97 Å². The molecule has 2 fully saturated rings. The number of benzene rings is 1. The second kappa shape index (κ2) is 7.24. The smallest absolute Gasteiger partial charge is 0.326 e. The van der Waals surface area contributed by atoms with Gasteiger partial charge in [-0.05, 0) is 49.7 Å². The van der Waals surface area contributed by atoms with Crippen molar-refractivity contribution in [2.24, 2.45) is 11.8 Å². The van der Waals surface area contributed by atoms with Crippen LogP contribution in [0.1, 0.15) is 37.7 Å². The molecule has 2 aliphatic rings. The molecular weight excluding hydrogens is 306 g/mol. The molecule has 1 aliphatic heterocycles. The summed E-state index contributed by atoms with van der Waals surface area (Å²) in [5.74, 6) is 0.455. The van der Waals surface area contributed by atoms with Crippen molar-refractivity contribution in [1.82, 2.24) is 4.90 Å². The van der Waals surface area contributed by atoms with Gasteiger partial charge in [-0.2, -0.15) is 0 Å². The number of aryl methyl sites for hydroxylation is 1. The molecule has 1 saturated carbocycles. The van der Waals surface area contributed by atoms with Gasteiger partial charge in [0.25, 0.3) is 0 Å². The lowest BCUT2D eigenvalue weighted by atomic mass is 9.94. The number of amides is 1. The maximum absolute atomic E-state index is 12.5. The third-order valence-corrected chi connectivity index (χ3v) is 5.35. The Hall–Kier alpha value is -2.04. The van der Waals surface area contributed by atoms with E-state index in [4.69, 9.17) is 4.74 Å². The molecule has 1 aliphatic carbocycles. The van der Waals surface area contributed by atoms with Crippen LogP contribution in [0.15, 0.2) is 24.3 Å². The Bertz CT molecular complexity index is 615. The molecule has 0 aromatic heterocycles. The van der Waals surface area contributed by atoms with Gasteiger partial charge in [0.2, 0.25) is 5.91 Å². The maximum Gasteiger partial charge on any atom is 0.326 e. The van der Waals surface area contributed by atoms with E-state index in [1.807, 2.05) is 31.2 Å². The predicted molar refractivity (Wildman–Crippen MR) is 89.9 cm³/mol. The van der Waals surface area contributed by atoms with Gasteiger partial charge in [-0.25, -0.2) is 4.79 Å². The van der Waals surface area contributed by atoms with Crippen LogP contribution in [0, 0.1) is 18.8 Å². The summed E-state index contributed by atoms with van der Waals surface area (Å²) in [5.41, 5.74) is 1.07. The number of carboxylic acid groups (broad SMARTS) is 1.